The second-order valence-corrected chi connectivity index (χ2v) is 5.21. The Bertz CT molecular complexity index is 457. The molecule has 90 valence electrons. The van der Waals surface area contributed by atoms with Crippen LogP contribution in [-0.2, 0) is 11.2 Å². The number of nitrogens with zero attached hydrogens (tertiary/aromatic N) is 1. The quantitative estimate of drug-likeness (QED) is 0.836. The highest BCUT2D eigenvalue weighted by atomic mass is 16.2. The number of amides is 1. The summed E-state index contributed by atoms with van der Waals surface area (Å²) in [5.74, 6) is 0.298. The molecule has 0 heterocycles. The summed E-state index contributed by atoms with van der Waals surface area (Å²) < 4.78 is 0. The van der Waals surface area contributed by atoms with E-state index < -0.39 is 0 Å². The average molecular weight is 230 g/mol. The standard InChI is InChI=1S/C14H18N2O/c1-16(14(17)11-8-12(11)15)13-7-6-9-4-2-3-5-10(9)13/h2-5,11-13H,6-8,15H2,1H3. The number of aryl methyl sites for hydroxylation is 1. The summed E-state index contributed by atoms with van der Waals surface area (Å²) in [5.41, 5.74) is 8.45. The Kier molecular flexibility index (Phi) is 2.44. The van der Waals surface area contributed by atoms with E-state index in [1.165, 1.54) is 11.1 Å². The molecule has 17 heavy (non-hydrogen) atoms. The van der Waals surface area contributed by atoms with Gasteiger partial charge >= 0.3 is 0 Å². The van der Waals surface area contributed by atoms with Crippen molar-refractivity contribution in [2.45, 2.75) is 31.3 Å². The Hall–Kier alpha value is -1.35. The van der Waals surface area contributed by atoms with E-state index in [1.54, 1.807) is 0 Å². The summed E-state index contributed by atoms with van der Waals surface area (Å²) in [6.45, 7) is 0. The van der Waals surface area contributed by atoms with Crippen molar-refractivity contribution in [2.75, 3.05) is 7.05 Å². The normalized spacial score (nSPS) is 29.9. The number of benzene rings is 1. The summed E-state index contributed by atoms with van der Waals surface area (Å²) in [4.78, 5) is 14.1. The first kappa shape index (κ1) is 10.8. The van der Waals surface area contributed by atoms with Crippen molar-refractivity contribution in [3.63, 3.8) is 0 Å². The maximum Gasteiger partial charge on any atom is 0.227 e. The lowest BCUT2D eigenvalue weighted by Crippen LogP contribution is -2.32. The zero-order valence-corrected chi connectivity index (χ0v) is 10.1. The van der Waals surface area contributed by atoms with Crippen molar-refractivity contribution < 1.29 is 4.79 Å². The van der Waals surface area contributed by atoms with Crippen LogP contribution in [0.5, 0.6) is 0 Å². The van der Waals surface area contributed by atoms with Crippen LogP contribution >= 0.6 is 0 Å². The Morgan fingerprint density at radius 3 is 2.82 bits per heavy atom. The van der Waals surface area contributed by atoms with Gasteiger partial charge in [0.15, 0.2) is 0 Å². The van der Waals surface area contributed by atoms with Crippen LogP contribution in [0.25, 0.3) is 0 Å². The fraction of sp³-hybridized carbons (Fsp3) is 0.500. The lowest BCUT2D eigenvalue weighted by molar-refractivity contribution is -0.133. The molecule has 1 amide bonds. The Morgan fingerprint density at radius 2 is 2.12 bits per heavy atom. The van der Waals surface area contributed by atoms with Crippen LogP contribution in [0.15, 0.2) is 24.3 Å². The van der Waals surface area contributed by atoms with Crippen LogP contribution in [0.4, 0.5) is 0 Å². The predicted octanol–water partition coefficient (Wildman–Crippen LogP) is 1.48. The van der Waals surface area contributed by atoms with Crippen LogP contribution in [0.3, 0.4) is 0 Å². The zero-order valence-electron chi connectivity index (χ0n) is 10.1. The van der Waals surface area contributed by atoms with Crippen molar-refractivity contribution >= 4 is 5.91 Å². The minimum atomic E-state index is 0.0766. The van der Waals surface area contributed by atoms with Gasteiger partial charge in [0.1, 0.15) is 0 Å². The fourth-order valence-corrected chi connectivity index (χ4v) is 2.85. The molecule has 0 radical (unpaired) electrons. The van der Waals surface area contributed by atoms with E-state index >= 15 is 0 Å². The molecule has 3 rings (SSSR count). The van der Waals surface area contributed by atoms with Crippen LogP contribution in [-0.4, -0.2) is 23.9 Å². The lowest BCUT2D eigenvalue weighted by atomic mass is 10.1. The van der Waals surface area contributed by atoms with E-state index in [9.17, 15) is 4.79 Å². The zero-order chi connectivity index (χ0) is 12.0. The molecular weight excluding hydrogens is 212 g/mol. The molecule has 3 heteroatoms. The molecule has 0 spiro atoms. The van der Waals surface area contributed by atoms with Gasteiger partial charge < -0.3 is 10.6 Å². The topological polar surface area (TPSA) is 46.3 Å². The summed E-state index contributed by atoms with van der Waals surface area (Å²) in [5, 5.41) is 0. The highest BCUT2D eigenvalue weighted by Crippen LogP contribution is 2.38. The van der Waals surface area contributed by atoms with Gasteiger partial charge in [-0.2, -0.15) is 0 Å². The molecule has 2 aliphatic rings. The Morgan fingerprint density at radius 1 is 1.41 bits per heavy atom. The highest BCUT2D eigenvalue weighted by molar-refractivity contribution is 5.82. The fourth-order valence-electron chi connectivity index (χ4n) is 2.85. The van der Waals surface area contributed by atoms with Crippen molar-refractivity contribution in [1.29, 1.82) is 0 Å². The van der Waals surface area contributed by atoms with Crippen LogP contribution < -0.4 is 5.73 Å². The molecule has 1 aromatic carbocycles. The first-order valence-corrected chi connectivity index (χ1v) is 6.28. The number of rotatable bonds is 2. The lowest BCUT2D eigenvalue weighted by Gasteiger charge is -2.25. The summed E-state index contributed by atoms with van der Waals surface area (Å²) in [6.07, 6.45) is 2.98. The molecule has 1 fully saturated rings. The molecule has 0 saturated heterocycles. The maximum atomic E-state index is 12.2. The van der Waals surface area contributed by atoms with Crippen LogP contribution in [0.2, 0.25) is 0 Å². The minimum Gasteiger partial charge on any atom is -0.338 e. The van der Waals surface area contributed by atoms with Crippen LogP contribution in [0, 0.1) is 5.92 Å². The first-order valence-electron chi connectivity index (χ1n) is 6.28. The second-order valence-electron chi connectivity index (χ2n) is 5.21. The van der Waals surface area contributed by atoms with Gasteiger partial charge in [-0.25, -0.2) is 0 Å². The number of carbonyl (C=O) groups excluding carboxylic acids is 1. The van der Waals surface area contributed by atoms with Gasteiger partial charge in [0.05, 0.1) is 12.0 Å². The molecule has 2 aliphatic carbocycles. The number of hydrogen-bond acceptors (Lipinski definition) is 2. The van der Waals surface area contributed by atoms with E-state index in [0.717, 1.165) is 19.3 Å². The van der Waals surface area contributed by atoms with Gasteiger partial charge in [0.25, 0.3) is 0 Å². The van der Waals surface area contributed by atoms with Gasteiger partial charge in [-0.15, -0.1) is 0 Å². The van der Waals surface area contributed by atoms with Crippen molar-refractivity contribution in [3.05, 3.63) is 35.4 Å². The molecule has 1 aromatic rings. The molecule has 3 atom stereocenters. The van der Waals surface area contributed by atoms with Gasteiger partial charge in [-0.3, -0.25) is 4.79 Å². The molecule has 0 aromatic heterocycles. The molecule has 3 nitrogen and oxygen atoms in total. The van der Waals surface area contributed by atoms with E-state index in [0.29, 0.717) is 0 Å². The smallest absolute Gasteiger partial charge is 0.227 e. The highest BCUT2D eigenvalue weighted by Gasteiger charge is 2.43. The largest absolute Gasteiger partial charge is 0.338 e. The molecule has 0 aliphatic heterocycles. The third-order valence-electron chi connectivity index (χ3n) is 4.07. The SMILES string of the molecule is CN(C(=O)C1CC1N)C1CCc2ccccc21. The number of hydrogen-bond donors (Lipinski definition) is 1. The number of carbonyl (C=O) groups is 1. The summed E-state index contributed by atoms with van der Waals surface area (Å²) >= 11 is 0. The first-order chi connectivity index (χ1) is 8.18. The van der Waals surface area contributed by atoms with E-state index in [2.05, 4.69) is 24.3 Å². The van der Waals surface area contributed by atoms with Crippen molar-refractivity contribution in [1.82, 2.24) is 4.90 Å². The maximum absolute atomic E-state index is 12.2. The summed E-state index contributed by atoms with van der Waals surface area (Å²) in [7, 11) is 1.92. The van der Waals surface area contributed by atoms with Gasteiger partial charge in [-0.1, -0.05) is 24.3 Å². The van der Waals surface area contributed by atoms with E-state index in [1.807, 2.05) is 11.9 Å². The van der Waals surface area contributed by atoms with E-state index in [-0.39, 0.29) is 23.9 Å². The molecule has 0 bridgehead atoms. The third kappa shape index (κ3) is 1.75. The number of fused-ring (bicyclic) bond motifs is 1. The Balaban J connectivity index is 1.80. The van der Waals surface area contributed by atoms with Crippen LogP contribution in [0.1, 0.15) is 30.0 Å². The van der Waals surface area contributed by atoms with Gasteiger partial charge in [-0.05, 0) is 30.4 Å². The van der Waals surface area contributed by atoms with Crippen molar-refractivity contribution in [3.8, 4) is 0 Å². The van der Waals surface area contributed by atoms with Gasteiger partial charge in [0, 0.05) is 13.1 Å². The molecule has 1 saturated carbocycles. The van der Waals surface area contributed by atoms with E-state index in [4.69, 9.17) is 5.73 Å². The minimum absolute atomic E-state index is 0.0766. The third-order valence-corrected chi connectivity index (χ3v) is 4.07. The molecule has 3 unspecified atom stereocenters. The Labute approximate surface area is 102 Å². The second kappa shape index (κ2) is 3.84. The number of nitrogens with two attached hydrogens (primary N) is 1. The summed E-state index contributed by atoms with van der Waals surface area (Å²) in [6, 6.07) is 8.78. The average Bonchev–Trinajstić information content (AvgIpc) is 2.92. The predicted molar refractivity (Wildman–Crippen MR) is 66.4 cm³/mol. The van der Waals surface area contributed by atoms with Crippen molar-refractivity contribution in [2.24, 2.45) is 11.7 Å². The molecular formula is C14H18N2O. The monoisotopic (exact) mass is 230 g/mol. The molecule has 2 N–H and O–H groups in total. The van der Waals surface area contributed by atoms with Gasteiger partial charge in [0.2, 0.25) is 5.91 Å².